The number of aliphatic carboxylic acids is 2. The lowest BCUT2D eigenvalue weighted by Crippen LogP contribution is -2.53. The number of carboxylic acids is 2. The lowest BCUT2D eigenvalue weighted by Gasteiger charge is -2.27. The number of carbonyl (C=O) groups excluding carboxylic acids is 8. The summed E-state index contributed by atoms with van der Waals surface area (Å²) in [6.45, 7) is 27.9. The minimum absolute atomic E-state index is 0.0143. The molecule has 7 N–H and O–H groups in total. The summed E-state index contributed by atoms with van der Waals surface area (Å²) in [5, 5.41) is 25.2. The molecule has 66 heavy (non-hydrogen) atoms. The summed E-state index contributed by atoms with van der Waals surface area (Å²) in [4.78, 5) is 121. The number of esters is 2. The van der Waals surface area contributed by atoms with E-state index < -0.39 is 106 Å². The predicted octanol–water partition coefficient (Wildman–Crippen LogP) is 4.67. The van der Waals surface area contributed by atoms with Gasteiger partial charge in [0.2, 0.25) is 5.91 Å². The Balaban J connectivity index is 0. The zero-order chi connectivity index (χ0) is 52.1. The van der Waals surface area contributed by atoms with Crippen LogP contribution in [0.25, 0.3) is 0 Å². The van der Waals surface area contributed by atoms with Crippen molar-refractivity contribution in [1.82, 2.24) is 21.0 Å². The number of carbonyl (C=O) groups is 10. The maximum absolute atomic E-state index is 12.8. The number of rotatable bonds is 18. The van der Waals surface area contributed by atoms with Crippen molar-refractivity contribution in [3.63, 3.8) is 0 Å². The topological polar surface area (TPSA) is 323 Å². The monoisotopic (exact) mass is 948 g/mol. The minimum atomic E-state index is -1.15. The van der Waals surface area contributed by atoms with E-state index in [1.165, 1.54) is 0 Å². The van der Waals surface area contributed by atoms with Gasteiger partial charge in [0.05, 0.1) is 0 Å². The second-order valence-corrected chi connectivity index (χ2v) is 20.2. The van der Waals surface area contributed by atoms with E-state index in [9.17, 15) is 47.9 Å². The van der Waals surface area contributed by atoms with E-state index in [0.717, 1.165) is 0 Å². The predicted molar refractivity (Wildman–Crippen MR) is 238 cm³/mol. The van der Waals surface area contributed by atoms with Crippen molar-refractivity contribution in [3.05, 3.63) is 0 Å². The molecule has 1 fully saturated rings. The standard InChI is InChI=1S/C20H36N2O7.C15H24N2O6.C9H17NO4/c1-12(2)11-14(22-18(27)29-20(6,7)8)16(25)21-13(9-10-15(23)24)17(26)28-19(3,4)5;1-9(2)8-10(16-14(21)22-15(3,4)5)13(20)23-17-11(18)6-7-12(17)19;1-9(2,3)14-8(13)6(10)4-5-7(11)12/h12-14H,9-11H2,1-8H3,(H,21,25)(H,22,27)(H,23,24);9-10H,6-8H2,1-5H3,(H,16,21);6H,4-5,10H2,1-3H3,(H,11,12). The molecule has 0 aromatic carbocycles. The summed E-state index contributed by atoms with van der Waals surface area (Å²) >= 11 is 0. The van der Waals surface area contributed by atoms with E-state index in [1.54, 1.807) is 83.1 Å². The van der Waals surface area contributed by atoms with Crippen LogP contribution in [0.4, 0.5) is 9.59 Å². The number of carboxylic acid groups (broad SMARTS) is 2. The average Bonchev–Trinajstić information content (AvgIpc) is 3.40. The van der Waals surface area contributed by atoms with E-state index in [4.69, 9.17) is 39.7 Å². The molecule has 0 bridgehead atoms. The number of hydroxylamine groups is 2. The fraction of sp³-hybridized carbons (Fsp3) is 0.773. The van der Waals surface area contributed by atoms with Gasteiger partial charge in [0.1, 0.15) is 46.6 Å². The van der Waals surface area contributed by atoms with Gasteiger partial charge in [-0.15, -0.1) is 5.06 Å². The molecule has 5 amide bonds. The Hall–Kier alpha value is -5.54. The summed E-state index contributed by atoms with van der Waals surface area (Å²) in [5.41, 5.74) is 2.61. The smallest absolute Gasteiger partial charge is 0.408 e. The molecule has 1 aliphatic heterocycles. The molecule has 1 rings (SSSR count). The molecule has 22 heteroatoms. The number of nitrogens with zero attached hydrogens (tertiary/aromatic N) is 1. The van der Waals surface area contributed by atoms with Gasteiger partial charge < -0.3 is 55.7 Å². The number of nitrogens with two attached hydrogens (primary N) is 1. The second-order valence-electron chi connectivity index (χ2n) is 20.2. The van der Waals surface area contributed by atoms with Crippen molar-refractivity contribution in [2.24, 2.45) is 17.6 Å². The Kier molecular flexibility index (Phi) is 26.4. The van der Waals surface area contributed by atoms with Gasteiger partial charge in [0.25, 0.3) is 11.8 Å². The Morgan fingerprint density at radius 3 is 1.29 bits per heavy atom. The van der Waals surface area contributed by atoms with Crippen molar-refractivity contribution in [2.45, 2.75) is 209 Å². The highest BCUT2D eigenvalue weighted by atomic mass is 16.7. The van der Waals surface area contributed by atoms with Crippen molar-refractivity contribution >= 4 is 59.8 Å². The highest BCUT2D eigenvalue weighted by Gasteiger charge is 2.36. The minimum Gasteiger partial charge on any atom is -0.481 e. The highest BCUT2D eigenvalue weighted by Crippen LogP contribution is 2.17. The average molecular weight is 948 g/mol. The van der Waals surface area contributed by atoms with Crippen LogP contribution in [0.15, 0.2) is 0 Å². The van der Waals surface area contributed by atoms with Gasteiger partial charge in [-0.1, -0.05) is 27.7 Å². The van der Waals surface area contributed by atoms with Crippen molar-refractivity contribution in [1.29, 1.82) is 0 Å². The third-order valence-electron chi connectivity index (χ3n) is 7.62. The van der Waals surface area contributed by atoms with E-state index in [2.05, 4.69) is 16.0 Å². The molecule has 4 unspecified atom stereocenters. The molecular formula is C44H77N5O17. The van der Waals surface area contributed by atoms with Crippen LogP contribution >= 0.6 is 0 Å². The molecule has 1 saturated heterocycles. The first-order valence-electron chi connectivity index (χ1n) is 21.7. The van der Waals surface area contributed by atoms with Crippen LogP contribution in [0.2, 0.25) is 0 Å². The molecular weight excluding hydrogens is 871 g/mol. The van der Waals surface area contributed by atoms with Gasteiger partial charge >= 0.3 is 42.0 Å². The van der Waals surface area contributed by atoms with E-state index in [-0.39, 0.29) is 56.8 Å². The Labute approximate surface area is 388 Å². The molecule has 4 atom stereocenters. The molecule has 1 aliphatic rings. The van der Waals surface area contributed by atoms with Gasteiger partial charge in [0, 0.05) is 25.7 Å². The zero-order valence-corrected chi connectivity index (χ0v) is 41.7. The number of hydrogen-bond acceptors (Lipinski definition) is 16. The summed E-state index contributed by atoms with van der Waals surface area (Å²) in [7, 11) is 0. The fourth-order valence-corrected chi connectivity index (χ4v) is 5.04. The summed E-state index contributed by atoms with van der Waals surface area (Å²) < 4.78 is 20.6. The molecule has 0 aromatic heterocycles. The molecule has 380 valence electrons. The second kappa shape index (κ2) is 27.8. The van der Waals surface area contributed by atoms with Gasteiger partial charge in [0.15, 0.2) is 0 Å². The Morgan fingerprint density at radius 2 is 0.909 bits per heavy atom. The van der Waals surface area contributed by atoms with Crippen LogP contribution in [0.1, 0.15) is 162 Å². The lowest BCUT2D eigenvalue weighted by molar-refractivity contribution is -0.199. The first-order chi connectivity index (χ1) is 29.7. The van der Waals surface area contributed by atoms with Gasteiger partial charge in [-0.25, -0.2) is 19.2 Å². The Morgan fingerprint density at radius 1 is 0.545 bits per heavy atom. The number of nitrogens with one attached hydrogen (secondary N) is 3. The van der Waals surface area contributed by atoms with Crippen LogP contribution in [-0.4, -0.2) is 122 Å². The molecule has 0 spiro atoms. The van der Waals surface area contributed by atoms with Crippen LogP contribution in [-0.2, 0) is 62.1 Å². The third kappa shape index (κ3) is 32.2. The SMILES string of the molecule is CC(C)(C)OC(=O)C(N)CCC(=O)O.CC(C)CC(NC(=O)OC(C)(C)C)C(=O)NC(CCC(=O)O)C(=O)OC(C)(C)C.CC(C)CC(NC(=O)OC(C)(C)C)C(=O)ON1C(=O)CCC1=O. The normalized spacial score (nSPS) is 14.7. The van der Waals surface area contributed by atoms with Crippen molar-refractivity contribution < 1.29 is 81.9 Å². The summed E-state index contributed by atoms with van der Waals surface area (Å²) in [5.74, 6) is -5.81. The van der Waals surface area contributed by atoms with Crippen LogP contribution in [0, 0.1) is 11.8 Å². The van der Waals surface area contributed by atoms with Crippen LogP contribution in [0.3, 0.4) is 0 Å². The number of imide groups is 1. The van der Waals surface area contributed by atoms with Gasteiger partial charge in [-0.3, -0.25) is 28.8 Å². The maximum atomic E-state index is 12.8. The summed E-state index contributed by atoms with van der Waals surface area (Å²) in [6, 6.07) is -3.95. The van der Waals surface area contributed by atoms with E-state index in [0.29, 0.717) is 11.5 Å². The van der Waals surface area contributed by atoms with E-state index >= 15 is 0 Å². The summed E-state index contributed by atoms with van der Waals surface area (Å²) in [6.07, 6.45) is -1.36. The van der Waals surface area contributed by atoms with Crippen LogP contribution < -0.4 is 21.7 Å². The van der Waals surface area contributed by atoms with E-state index in [1.807, 2.05) is 27.7 Å². The fourth-order valence-electron chi connectivity index (χ4n) is 5.04. The number of amides is 5. The van der Waals surface area contributed by atoms with Gasteiger partial charge in [-0.2, -0.15) is 0 Å². The number of hydrogen-bond donors (Lipinski definition) is 6. The van der Waals surface area contributed by atoms with Crippen LogP contribution in [0.5, 0.6) is 0 Å². The van der Waals surface area contributed by atoms with Crippen molar-refractivity contribution in [2.75, 3.05) is 0 Å². The van der Waals surface area contributed by atoms with Crippen molar-refractivity contribution in [3.8, 4) is 0 Å². The third-order valence-corrected chi connectivity index (χ3v) is 7.62. The molecule has 1 heterocycles. The lowest BCUT2D eigenvalue weighted by atomic mass is 10.0. The largest absolute Gasteiger partial charge is 0.481 e. The quantitative estimate of drug-likeness (QED) is 0.0617. The Bertz CT molecular complexity index is 1650. The number of ether oxygens (including phenoxy) is 4. The highest BCUT2D eigenvalue weighted by molar-refractivity contribution is 6.02. The molecule has 0 aromatic rings. The maximum Gasteiger partial charge on any atom is 0.408 e. The first-order valence-corrected chi connectivity index (χ1v) is 21.7. The molecule has 0 radical (unpaired) electrons. The zero-order valence-electron chi connectivity index (χ0n) is 41.7. The first kappa shape index (κ1) is 62.5. The molecule has 0 saturated carbocycles. The molecule has 0 aliphatic carbocycles. The molecule has 22 nitrogen and oxygen atoms in total. The van der Waals surface area contributed by atoms with Gasteiger partial charge in [-0.05, 0) is 121 Å². The number of alkyl carbamates (subject to hydrolysis) is 2.